The Morgan fingerprint density at radius 1 is 0.862 bits per heavy atom. The lowest BCUT2D eigenvalue weighted by atomic mass is 10.2. The van der Waals surface area contributed by atoms with Crippen LogP contribution in [0.2, 0.25) is 0 Å². The molecule has 0 aliphatic rings. The first-order valence-corrected chi connectivity index (χ1v) is 9.98. The third-order valence-electron chi connectivity index (χ3n) is 3.86. The monoisotopic (exact) mass is 411 g/mol. The minimum absolute atomic E-state index is 0.186. The van der Waals surface area contributed by atoms with E-state index in [0.717, 1.165) is 25.1 Å². The van der Waals surface area contributed by atoms with E-state index in [1.165, 1.54) is 7.11 Å². The van der Waals surface area contributed by atoms with Gasteiger partial charge in [-0.3, -0.25) is 4.79 Å². The molecule has 0 aromatic heterocycles. The van der Waals surface area contributed by atoms with Crippen molar-refractivity contribution in [2.24, 2.45) is 0 Å². The first kappa shape index (κ1) is 24.9. The van der Waals surface area contributed by atoms with Gasteiger partial charge in [0.15, 0.2) is 0 Å². The van der Waals surface area contributed by atoms with Gasteiger partial charge in [-0.05, 0) is 30.7 Å². The van der Waals surface area contributed by atoms with Gasteiger partial charge in [0.1, 0.15) is 6.61 Å². The highest BCUT2D eigenvalue weighted by Crippen LogP contribution is 2.10. The summed E-state index contributed by atoms with van der Waals surface area (Å²) in [5, 5.41) is 3.30. The van der Waals surface area contributed by atoms with Crippen molar-refractivity contribution in [1.29, 1.82) is 0 Å². The van der Waals surface area contributed by atoms with Crippen LogP contribution < -0.4 is 5.32 Å². The molecule has 0 aliphatic heterocycles. The van der Waals surface area contributed by atoms with Gasteiger partial charge in [-0.15, -0.1) is 0 Å². The van der Waals surface area contributed by atoms with Crippen LogP contribution in [0.3, 0.4) is 0 Å². The van der Waals surface area contributed by atoms with Crippen LogP contribution in [0.15, 0.2) is 24.3 Å². The molecule has 1 aromatic carbocycles. The van der Waals surface area contributed by atoms with E-state index < -0.39 is 0 Å². The molecule has 8 heteroatoms. The maximum atomic E-state index is 12.0. The molecule has 8 nitrogen and oxygen atoms in total. The Balaban J connectivity index is 1.96. The van der Waals surface area contributed by atoms with Gasteiger partial charge in [-0.25, -0.2) is 4.79 Å². The second kappa shape index (κ2) is 16.8. The number of rotatable bonds is 17. The number of methoxy groups -OCH3 is 1. The number of hydrogen-bond acceptors (Lipinski definition) is 8. The maximum absolute atomic E-state index is 12.0. The van der Waals surface area contributed by atoms with Gasteiger partial charge < -0.3 is 29.0 Å². The molecule has 164 valence electrons. The molecule has 0 heterocycles. The Morgan fingerprint density at radius 2 is 1.45 bits per heavy atom. The summed E-state index contributed by atoms with van der Waals surface area (Å²) in [5.41, 5.74) is 1.51. The fourth-order valence-electron chi connectivity index (χ4n) is 2.21. The molecule has 0 bridgehead atoms. The number of carbonyl (C=O) groups excluding carboxylic acids is 2. The van der Waals surface area contributed by atoms with Crippen LogP contribution in [0.4, 0.5) is 5.69 Å². The van der Waals surface area contributed by atoms with Crippen LogP contribution in [0.1, 0.15) is 36.5 Å². The Kier molecular flexibility index (Phi) is 14.4. The van der Waals surface area contributed by atoms with Crippen molar-refractivity contribution in [3.63, 3.8) is 0 Å². The minimum Gasteiger partial charge on any atom is -0.469 e. The fraction of sp³-hybridized carbons (Fsp3) is 0.619. The summed E-state index contributed by atoms with van der Waals surface area (Å²) < 4.78 is 25.6. The molecular weight excluding hydrogens is 378 g/mol. The average molecular weight is 411 g/mol. The number of unbranched alkanes of at least 4 members (excludes halogenated alkanes) is 1. The van der Waals surface area contributed by atoms with Crippen molar-refractivity contribution in [1.82, 2.24) is 0 Å². The lowest BCUT2D eigenvalue weighted by Gasteiger charge is -2.08. The molecule has 0 unspecified atom stereocenters. The molecule has 0 atom stereocenters. The second-order valence-electron chi connectivity index (χ2n) is 6.16. The highest BCUT2D eigenvalue weighted by Gasteiger charge is 2.06. The summed E-state index contributed by atoms with van der Waals surface area (Å²) in [6.45, 7) is 5.51. The zero-order chi connectivity index (χ0) is 21.2. The van der Waals surface area contributed by atoms with E-state index in [0.29, 0.717) is 45.2 Å². The lowest BCUT2D eigenvalue weighted by molar-refractivity contribution is -0.141. The van der Waals surface area contributed by atoms with Crippen molar-refractivity contribution in [2.45, 2.75) is 26.2 Å². The molecule has 0 aliphatic carbocycles. The van der Waals surface area contributed by atoms with Crippen molar-refractivity contribution in [3.05, 3.63) is 29.8 Å². The highest BCUT2D eigenvalue weighted by molar-refractivity contribution is 5.89. The van der Waals surface area contributed by atoms with Crippen LogP contribution in [0, 0.1) is 0 Å². The number of carbonyl (C=O) groups is 2. The van der Waals surface area contributed by atoms with Gasteiger partial charge in [0.05, 0.1) is 58.7 Å². The number of hydrogen-bond donors (Lipinski definition) is 1. The van der Waals surface area contributed by atoms with Gasteiger partial charge >= 0.3 is 11.9 Å². The normalized spacial score (nSPS) is 10.6. The van der Waals surface area contributed by atoms with Crippen LogP contribution in [0.25, 0.3) is 0 Å². The Hall–Kier alpha value is -2.16. The second-order valence-corrected chi connectivity index (χ2v) is 6.16. The topological polar surface area (TPSA) is 92.3 Å². The first-order valence-electron chi connectivity index (χ1n) is 9.98. The van der Waals surface area contributed by atoms with Crippen molar-refractivity contribution >= 4 is 17.6 Å². The number of ether oxygens (including phenoxy) is 5. The molecule has 0 amide bonds. The predicted molar refractivity (Wildman–Crippen MR) is 109 cm³/mol. The van der Waals surface area contributed by atoms with Gasteiger partial charge in [-0.1, -0.05) is 13.3 Å². The molecule has 0 fully saturated rings. The minimum atomic E-state index is -0.367. The lowest BCUT2D eigenvalue weighted by Crippen LogP contribution is -2.14. The number of esters is 2. The highest BCUT2D eigenvalue weighted by atomic mass is 16.6. The average Bonchev–Trinajstić information content (AvgIpc) is 2.74. The third kappa shape index (κ3) is 12.8. The summed E-state index contributed by atoms with van der Waals surface area (Å²) in [7, 11) is 1.34. The van der Waals surface area contributed by atoms with E-state index in [9.17, 15) is 9.59 Å². The molecule has 0 saturated heterocycles. The summed E-state index contributed by atoms with van der Waals surface area (Å²) in [4.78, 5) is 22.8. The van der Waals surface area contributed by atoms with Crippen molar-refractivity contribution in [2.75, 3.05) is 65.2 Å². The maximum Gasteiger partial charge on any atom is 0.338 e. The number of benzene rings is 1. The van der Waals surface area contributed by atoms with Gasteiger partial charge in [0.2, 0.25) is 0 Å². The zero-order valence-corrected chi connectivity index (χ0v) is 17.4. The first-order chi connectivity index (χ1) is 14.2. The van der Waals surface area contributed by atoms with E-state index in [-0.39, 0.29) is 25.0 Å². The summed E-state index contributed by atoms with van der Waals surface area (Å²) >= 11 is 0. The standard InChI is InChI=1S/C21H33NO7/c1-3-4-10-22-19-7-5-18(6-8-19)21(24)29-17-16-28-15-14-27-13-12-26-11-9-20(23)25-2/h5-8,22H,3-4,9-17H2,1-2H3. The van der Waals surface area contributed by atoms with Gasteiger partial charge in [0, 0.05) is 12.2 Å². The summed E-state index contributed by atoms with van der Waals surface area (Å²) in [6, 6.07) is 7.25. The Morgan fingerprint density at radius 3 is 2.03 bits per heavy atom. The molecule has 1 N–H and O–H groups in total. The van der Waals surface area contributed by atoms with Crippen LogP contribution in [-0.4, -0.2) is 71.8 Å². The van der Waals surface area contributed by atoms with E-state index in [4.69, 9.17) is 18.9 Å². The number of nitrogens with one attached hydrogen (secondary N) is 1. The van der Waals surface area contributed by atoms with Crippen molar-refractivity contribution in [3.8, 4) is 0 Å². The van der Waals surface area contributed by atoms with E-state index in [2.05, 4.69) is 17.0 Å². The van der Waals surface area contributed by atoms with Gasteiger partial charge in [0.25, 0.3) is 0 Å². The van der Waals surface area contributed by atoms with Crippen LogP contribution >= 0.6 is 0 Å². The molecular formula is C21H33NO7. The summed E-state index contributed by atoms with van der Waals surface area (Å²) in [5.74, 6) is -0.662. The molecule has 0 radical (unpaired) electrons. The fourth-order valence-corrected chi connectivity index (χ4v) is 2.21. The van der Waals surface area contributed by atoms with Gasteiger partial charge in [-0.2, -0.15) is 0 Å². The largest absolute Gasteiger partial charge is 0.469 e. The van der Waals surface area contributed by atoms with E-state index >= 15 is 0 Å². The molecule has 0 saturated carbocycles. The molecule has 1 rings (SSSR count). The molecule has 0 spiro atoms. The van der Waals surface area contributed by atoms with E-state index in [1.54, 1.807) is 12.1 Å². The predicted octanol–water partition coefficient (Wildman–Crippen LogP) is 2.67. The Labute approximate surface area is 172 Å². The number of anilines is 1. The molecule has 1 aromatic rings. The SMILES string of the molecule is CCCCNc1ccc(C(=O)OCCOCCOCCOCCC(=O)OC)cc1. The molecule has 29 heavy (non-hydrogen) atoms. The van der Waals surface area contributed by atoms with Crippen molar-refractivity contribution < 1.29 is 33.3 Å². The summed E-state index contributed by atoms with van der Waals surface area (Å²) in [6.07, 6.45) is 2.48. The van der Waals surface area contributed by atoms with Crippen LogP contribution in [0.5, 0.6) is 0 Å². The quantitative estimate of drug-likeness (QED) is 0.309. The van der Waals surface area contributed by atoms with Crippen LogP contribution in [-0.2, 0) is 28.5 Å². The smallest absolute Gasteiger partial charge is 0.338 e. The Bertz CT molecular complexity index is 563. The van der Waals surface area contributed by atoms with E-state index in [1.807, 2.05) is 12.1 Å². The third-order valence-corrected chi connectivity index (χ3v) is 3.86. The zero-order valence-electron chi connectivity index (χ0n) is 17.4.